The fraction of sp³-hybridized carbons (Fsp3) is 0.533. The molecule has 0 bridgehead atoms. The molecule has 1 aromatic carbocycles. The first-order valence-electron chi connectivity index (χ1n) is 6.80. The first-order valence-corrected chi connectivity index (χ1v) is 6.80. The fourth-order valence-electron chi connectivity index (χ4n) is 2.40. The van der Waals surface area contributed by atoms with Crippen molar-refractivity contribution in [3.8, 4) is 5.75 Å². The Hall–Kier alpha value is -1.26. The quantitative estimate of drug-likeness (QED) is 0.928. The van der Waals surface area contributed by atoms with E-state index in [0.717, 1.165) is 25.9 Å². The Labute approximate surface area is 126 Å². The van der Waals surface area contributed by atoms with E-state index >= 15 is 0 Å². The van der Waals surface area contributed by atoms with Crippen LogP contribution in [-0.4, -0.2) is 41.2 Å². The molecule has 0 aromatic heterocycles. The molecule has 0 spiro atoms. The van der Waals surface area contributed by atoms with Gasteiger partial charge in [-0.15, -0.1) is 12.4 Å². The van der Waals surface area contributed by atoms with E-state index in [1.165, 1.54) is 0 Å². The van der Waals surface area contributed by atoms with E-state index in [-0.39, 0.29) is 24.1 Å². The highest BCUT2D eigenvalue weighted by atomic mass is 35.5. The van der Waals surface area contributed by atoms with Crippen molar-refractivity contribution in [2.75, 3.05) is 13.1 Å². The number of rotatable bonds is 4. The summed E-state index contributed by atoms with van der Waals surface area (Å²) >= 11 is 0. The second-order valence-corrected chi connectivity index (χ2v) is 5.28. The van der Waals surface area contributed by atoms with E-state index < -0.39 is 5.97 Å². The number of likely N-dealkylation sites (tertiary alicyclic amines) is 1. The van der Waals surface area contributed by atoms with Crippen LogP contribution in [-0.2, 0) is 0 Å². The van der Waals surface area contributed by atoms with Gasteiger partial charge in [0.05, 0.1) is 5.56 Å². The second kappa shape index (κ2) is 7.50. The molecular formula is C15H22ClNO3. The van der Waals surface area contributed by atoms with Gasteiger partial charge in [-0.2, -0.15) is 0 Å². The van der Waals surface area contributed by atoms with Crippen molar-refractivity contribution in [2.45, 2.75) is 38.8 Å². The number of aromatic carboxylic acids is 1. The van der Waals surface area contributed by atoms with Crippen LogP contribution in [0.4, 0.5) is 0 Å². The number of piperidine rings is 1. The van der Waals surface area contributed by atoms with Crippen LogP contribution in [0.15, 0.2) is 24.3 Å². The topological polar surface area (TPSA) is 49.8 Å². The van der Waals surface area contributed by atoms with Crippen LogP contribution < -0.4 is 4.74 Å². The minimum Gasteiger partial charge on any atom is -0.490 e. The van der Waals surface area contributed by atoms with Gasteiger partial charge in [0.2, 0.25) is 0 Å². The average Bonchev–Trinajstić information content (AvgIpc) is 2.39. The molecule has 1 aliphatic heterocycles. The van der Waals surface area contributed by atoms with Crippen molar-refractivity contribution >= 4 is 18.4 Å². The van der Waals surface area contributed by atoms with Crippen LogP contribution in [0.2, 0.25) is 0 Å². The molecule has 0 unspecified atom stereocenters. The molecule has 0 radical (unpaired) electrons. The van der Waals surface area contributed by atoms with Crippen molar-refractivity contribution in [1.29, 1.82) is 0 Å². The Balaban J connectivity index is 0.00000200. The van der Waals surface area contributed by atoms with E-state index in [1.54, 1.807) is 18.2 Å². The van der Waals surface area contributed by atoms with Gasteiger partial charge < -0.3 is 14.7 Å². The standard InChI is InChI=1S/C15H21NO3.ClH/c1-11(2)16-8-6-13(7-9-16)19-14-5-3-4-12(10-14)15(17)18;/h3-5,10-11,13H,6-9H2,1-2H3,(H,17,18);1H. The van der Waals surface area contributed by atoms with Gasteiger partial charge in [0.1, 0.15) is 11.9 Å². The highest BCUT2D eigenvalue weighted by Gasteiger charge is 2.22. The molecule has 4 nitrogen and oxygen atoms in total. The Morgan fingerprint density at radius 3 is 2.55 bits per heavy atom. The molecule has 2 rings (SSSR count). The average molecular weight is 300 g/mol. The highest BCUT2D eigenvalue weighted by Crippen LogP contribution is 2.21. The Kier molecular flexibility index (Phi) is 6.30. The summed E-state index contributed by atoms with van der Waals surface area (Å²) in [7, 11) is 0. The lowest BCUT2D eigenvalue weighted by molar-refractivity contribution is 0.0692. The number of ether oxygens (including phenoxy) is 1. The minimum absolute atomic E-state index is 0. The zero-order valence-electron chi connectivity index (χ0n) is 11.9. The summed E-state index contributed by atoms with van der Waals surface area (Å²) in [5.74, 6) is -0.261. The Morgan fingerprint density at radius 2 is 2.00 bits per heavy atom. The molecule has 1 aliphatic rings. The second-order valence-electron chi connectivity index (χ2n) is 5.28. The summed E-state index contributed by atoms with van der Waals surface area (Å²) in [4.78, 5) is 13.3. The number of carboxylic acid groups (broad SMARTS) is 1. The number of hydrogen-bond donors (Lipinski definition) is 1. The van der Waals surface area contributed by atoms with Crippen molar-refractivity contribution in [3.63, 3.8) is 0 Å². The third-order valence-corrected chi connectivity index (χ3v) is 3.59. The summed E-state index contributed by atoms with van der Waals surface area (Å²) < 4.78 is 5.88. The SMILES string of the molecule is CC(C)N1CCC(Oc2cccc(C(=O)O)c2)CC1.Cl. The zero-order chi connectivity index (χ0) is 13.8. The maximum Gasteiger partial charge on any atom is 0.335 e. The summed E-state index contributed by atoms with van der Waals surface area (Å²) in [5, 5.41) is 8.95. The maximum atomic E-state index is 10.9. The molecule has 20 heavy (non-hydrogen) atoms. The van der Waals surface area contributed by atoms with Gasteiger partial charge in [0, 0.05) is 19.1 Å². The predicted octanol–water partition coefficient (Wildman–Crippen LogP) is 3.06. The van der Waals surface area contributed by atoms with Crippen molar-refractivity contribution in [2.24, 2.45) is 0 Å². The number of carbonyl (C=O) groups is 1. The lowest BCUT2D eigenvalue weighted by Crippen LogP contribution is -2.41. The van der Waals surface area contributed by atoms with Gasteiger partial charge in [-0.05, 0) is 44.9 Å². The molecule has 1 heterocycles. The number of benzene rings is 1. The highest BCUT2D eigenvalue weighted by molar-refractivity contribution is 5.88. The maximum absolute atomic E-state index is 10.9. The molecule has 0 saturated carbocycles. The van der Waals surface area contributed by atoms with Crippen LogP contribution >= 0.6 is 12.4 Å². The van der Waals surface area contributed by atoms with Crippen LogP contribution in [0.3, 0.4) is 0 Å². The van der Waals surface area contributed by atoms with Crippen LogP contribution in [0.1, 0.15) is 37.0 Å². The Bertz CT molecular complexity index is 442. The van der Waals surface area contributed by atoms with Crippen LogP contribution in [0, 0.1) is 0 Å². The molecular weight excluding hydrogens is 278 g/mol. The summed E-state index contributed by atoms with van der Waals surface area (Å²) in [6.07, 6.45) is 2.18. The lowest BCUT2D eigenvalue weighted by Gasteiger charge is -2.34. The molecule has 5 heteroatoms. The van der Waals surface area contributed by atoms with E-state index in [9.17, 15) is 4.79 Å². The van der Waals surface area contributed by atoms with Crippen molar-refractivity contribution < 1.29 is 14.6 Å². The lowest BCUT2D eigenvalue weighted by atomic mass is 10.1. The van der Waals surface area contributed by atoms with Crippen LogP contribution in [0.5, 0.6) is 5.75 Å². The first-order chi connectivity index (χ1) is 9.06. The number of nitrogens with zero attached hydrogens (tertiary/aromatic N) is 1. The van der Waals surface area contributed by atoms with Gasteiger partial charge in [-0.1, -0.05) is 6.07 Å². The number of carboxylic acids is 1. The molecule has 112 valence electrons. The molecule has 0 amide bonds. The number of halogens is 1. The van der Waals surface area contributed by atoms with Crippen molar-refractivity contribution in [3.05, 3.63) is 29.8 Å². The van der Waals surface area contributed by atoms with Crippen LogP contribution in [0.25, 0.3) is 0 Å². The van der Waals surface area contributed by atoms with Gasteiger partial charge >= 0.3 is 5.97 Å². The van der Waals surface area contributed by atoms with E-state index in [0.29, 0.717) is 11.8 Å². The normalized spacial score (nSPS) is 16.8. The molecule has 1 saturated heterocycles. The summed E-state index contributed by atoms with van der Waals surface area (Å²) in [6, 6.07) is 7.30. The zero-order valence-corrected chi connectivity index (χ0v) is 12.7. The summed E-state index contributed by atoms with van der Waals surface area (Å²) in [5.41, 5.74) is 0.275. The van der Waals surface area contributed by atoms with E-state index in [1.807, 2.05) is 6.07 Å². The smallest absolute Gasteiger partial charge is 0.335 e. The molecule has 0 aliphatic carbocycles. The third-order valence-electron chi connectivity index (χ3n) is 3.59. The molecule has 0 atom stereocenters. The van der Waals surface area contributed by atoms with Crippen molar-refractivity contribution in [1.82, 2.24) is 4.90 Å². The van der Waals surface area contributed by atoms with Gasteiger partial charge in [0.15, 0.2) is 0 Å². The van der Waals surface area contributed by atoms with E-state index in [4.69, 9.17) is 9.84 Å². The molecule has 1 fully saturated rings. The predicted molar refractivity (Wildman–Crippen MR) is 81.0 cm³/mol. The molecule has 1 aromatic rings. The first kappa shape index (κ1) is 16.8. The summed E-state index contributed by atoms with van der Waals surface area (Å²) in [6.45, 7) is 6.50. The monoisotopic (exact) mass is 299 g/mol. The fourth-order valence-corrected chi connectivity index (χ4v) is 2.40. The largest absolute Gasteiger partial charge is 0.490 e. The Morgan fingerprint density at radius 1 is 1.35 bits per heavy atom. The van der Waals surface area contributed by atoms with E-state index in [2.05, 4.69) is 18.7 Å². The third kappa shape index (κ3) is 4.39. The molecule has 1 N–H and O–H groups in total. The van der Waals surface area contributed by atoms with Gasteiger partial charge in [-0.25, -0.2) is 4.79 Å². The van der Waals surface area contributed by atoms with Gasteiger partial charge in [-0.3, -0.25) is 0 Å². The van der Waals surface area contributed by atoms with Gasteiger partial charge in [0.25, 0.3) is 0 Å². The minimum atomic E-state index is -0.917. The number of hydrogen-bond acceptors (Lipinski definition) is 3.